The van der Waals surface area contributed by atoms with Crippen LogP contribution in [0.1, 0.15) is 17.3 Å². The zero-order valence-electron chi connectivity index (χ0n) is 11.9. The molecule has 1 unspecified atom stereocenters. The van der Waals surface area contributed by atoms with Crippen molar-refractivity contribution in [2.75, 3.05) is 20.6 Å². The van der Waals surface area contributed by atoms with Crippen molar-refractivity contribution in [3.63, 3.8) is 0 Å². The van der Waals surface area contributed by atoms with Crippen molar-refractivity contribution in [2.24, 2.45) is 0 Å². The minimum absolute atomic E-state index is 0.298. The lowest BCUT2D eigenvalue weighted by atomic mass is 10.1. The molecule has 1 heterocycles. The number of hydrogen-bond acceptors (Lipinski definition) is 3. The Balaban J connectivity index is 2.05. The number of likely N-dealkylation sites (N-methyl/N-ethyl adjacent to an activating group) is 1. The minimum atomic E-state index is 0.298. The minimum Gasteiger partial charge on any atom is -0.308 e. The van der Waals surface area contributed by atoms with Gasteiger partial charge in [-0.15, -0.1) is 0 Å². The molecule has 0 amide bonds. The quantitative estimate of drug-likeness (QED) is 0.822. The van der Waals surface area contributed by atoms with Gasteiger partial charge in [-0.3, -0.25) is 0 Å². The molecular weight excluding hydrogens is 314 g/mol. The highest BCUT2D eigenvalue weighted by atomic mass is 79.9. The summed E-state index contributed by atoms with van der Waals surface area (Å²) in [6, 6.07) is 16.8. The first-order valence-electron chi connectivity index (χ1n) is 6.69. The zero-order chi connectivity index (χ0) is 14.4. The summed E-state index contributed by atoms with van der Waals surface area (Å²) in [6.45, 7) is 1.71. The second-order valence-corrected chi connectivity index (χ2v) is 5.87. The molecule has 0 fully saturated rings. The Bertz CT molecular complexity index is 528. The molecule has 1 N–H and O–H groups in total. The maximum atomic E-state index is 4.46. The molecule has 20 heavy (non-hydrogen) atoms. The number of halogens is 1. The lowest BCUT2D eigenvalue weighted by Gasteiger charge is -2.22. The highest BCUT2D eigenvalue weighted by Crippen LogP contribution is 2.14. The van der Waals surface area contributed by atoms with Crippen LogP contribution in [0.3, 0.4) is 0 Å². The van der Waals surface area contributed by atoms with E-state index in [1.165, 1.54) is 5.56 Å². The van der Waals surface area contributed by atoms with Crippen molar-refractivity contribution in [2.45, 2.75) is 12.6 Å². The summed E-state index contributed by atoms with van der Waals surface area (Å²) in [5, 5.41) is 3.59. The van der Waals surface area contributed by atoms with Crippen molar-refractivity contribution in [1.82, 2.24) is 15.2 Å². The second-order valence-electron chi connectivity index (χ2n) is 5.06. The van der Waals surface area contributed by atoms with E-state index in [-0.39, 0.29) is 0 Å². The van der Waals surface area contributed by atoms with Crippen LogP contribution in [0, 0.1) is 0 Å². The molecular formula is C16H20BrN3. The molecule has 4 heteroatoms. The summed E-state index contributed by atoms with van der Waals surface area (Å²) in [5.41, 5.74) is 2.34. The Morgan fingerprint density at radius 2 is 1.85 bits per heavy atom. The van der Waals surface area contributed by atoms with Gasteiger partial charge < -0.3 is 10.2 Å². The molecule has 0 radical (unpaired) electrons. The number of pyridine rings is 1. The Kier molecular flexibility index (Phi) is 5.71. The van der Waals surface area contributed by atoms with E-state index in [1.807, 2.05) is 24.3 Å². The lowest BCUT2D eigenvalue weighted by molar-refractivity contribution is 0.340. The lowest BCUT2D eigenvalue weighted by Crippen LogP contribution is -2.31. The van der Waals surface area contributed by atoms with Gasteiger partial charge in [0.1, 0.15) is 4.60 Å². The second kappa shape index (κ2) is 7.53. The molecule has 0 bridgehead atoms. The highest BCUT2D eigenvalue weighted by molar-refractivity contribution is 9.10. The van der Waals surface area contributed by atoms with Gasteiger partial charge in [-0.05, 0) is 47.7 Å². The third kappa shape index (κ3) is 4.71. The van der Waals surface area contributed by atoms with E-state index in [4.69, 9.17) is 0 Å². The zero-order valence-corrected chi connectivity index (χ0v) is 13.5. The van der Waals surface area contributed by atoms with Gasteiger partial charge in [0.05, 0.1) is 5.69 Å². The van der Waals surface area contributed by atoms with Gasteiger partial charge in [-0.2, -0.15) is 0 Å². The number of nitrogens with zero attached hydrogens (tertiary/aromatic N) is 2. The maximum Gasteiger partial charge on any atom is 0.106 e. The van der Waals surface area contributed by atoms with Gasteiger partial charge in [-0.1, -0.05) is 36.4 Å². The van der Waals surface area contributed by atoms with Crippen LogP contribution in [0.2, 0.25) is 0 Å². The van der Waals surface area contributed by atoms with Gasteiger partial charge in [0, 0.05) is 19.1 Å². The predicted molar refractivity (Wildman–Crippen MR) is 86.5 cm³/mol. The van der Waals surface area contributed by atoms with Gasteiger partial charge in [0.25, 0.3) is 0 Å². The number of hydrogen-bond donors (Lipinski definition) is 1. The Hall–Kier alpha value is -1.23. The topological polar surface area (TPSA) is 28.2 Å². The van der Waals surface area contributed by atoms with Crippen LogP contribution in [0.25, 0.3) is 0 Å². The molecule has 0 saturated carbocycles. The summed E-state index contributed by atoms with van der Waals surface area (Å²) >= 11 is 3.41. The van der Waals surface area contributed by atoms with Gasteiger partial charge in [0.15, 0.2) is 0 Å². The summed E-state index contributed by atoms with van der Waals surface area (Å²) in [4.78, 5) is 6.65. The number of benzene rings is 1. The van der Waals surface area contributed by atoms with Crippen molar-refractivity contribution in [3.8, 4) is 0 Å². The highest BCUT2D eigenvalue weighted by Gasteiger charge is 2.12. The Morgan fingerprint density at radius 3 is 2.50 bits per heavy atom. The molecule has 0 aliphatic heterocycles. The molecule has 1 aromatic heterocycles. The third-order valence-electron chi connectivity index (χ3n) is 3.05. The summed E-state index contributed by atoms with van der Waals surface area (Å²) in [5.74, 6) is 0. The first-order valence-corrected chi connectivity index (χ1v) is 7.49. The maximum absolute atomic E-state index is 4.46. The van der Waals surface area contributed by atoms with Crippen LogP contribution in [0.4, 0.5) is 0 Å². The SMILES string of the molecule is CN(C)CC(NCc1cccc(Br)n1)c1ccccc1. The normalized spacial score (nSPS) is 12.6. The van der Waals surface area contributed by atoms with Gasteiger partial charge in [-0.25, -0.2) is 4.98 Å². The number of aromatic nitrogens is 1. The number of nitrogens with one attached hydrogen (secondary N) is 1. The average Bonchev–Trinajstić information content (AvgIpc) is 2.44. The fourth-order valence-corrected chi connectivity index (χ4v) is 2.50. The average molecular weight is 334 g/mol. The summed E-state index contributed by atoms with van der Waals surface area (Å²) in [7, 11) is 4.18. The van der Waals surface area contributed by atoms with E-state index >= 15 is 0 Å². The fraction of sp³-hybridized carbons (Fsp3) is 0.312. The first kappa shape index (κ1) is 15.2. The van der Waals surface area contributed by atoms with Gasteiger partial charge in [0.2, 0.25) is 0 Å². The molecule has 1 atom stereocenters. The monoisotopic (exact) mass is 333 g/mol. The number of rotatable bonds is 6. The van der Waals surface area contributed by atoms with E-state index in [2.05, 4.69) is 69.5 Å². The van der Waals surface area contributed by atoms with E-state index in [0.29, 0.717) is 6.04 Å². The van der Waals surface area contributed by atoms with Crippen LogP contribution in [0.15, 0.2) is 53.1 Å². The van der Waals surface area contributed by atoms with Crippen LogP contribution in [-0.4, -0.2) is 30.5 Å². The van der Waals surface area contributed by atoms with E-state index in [1.54, 1.807) is 0 Å². The molecule has 3 nitrogen and oxygen atoms in total. The molecule has 0 aliphatic carbocycles. The molecule has 2 aromatic rings. The molecule has 0 saturated heterocycles. The predicted octanol–water partition coefficient (Wildman–Crippen LogP) is 3.24. The smallest absolute Gasteiger partial charge is 0.106 e. The van der Waals surface area contributed by atoms with E-state index < -0.39 is 0 Å². The van der Waals surface area contributed by atoms with Crippen LogP contribution < -0.4 is 5.32 Å². The van der Waals surface area contributed by atoms with Crippen molar-refractivity contribution >= 4 is 15.9 Å². The van der Waals surface area contributed by atoms with Crippen LogP contribution >= 0.6 is 15.9 Å². The van der Waals surface area contributed by atoms with Crippen LogP contribution in [-0.2, 0) is 6.54 Å². The Morgan fingerprint density at radius 1 is 1.10 bits per heavy atom. The Labute approximate surface area is 129 Å². The van der Waals surface area contributed by atoms with Crippen molar-refractivity contribution < 1.29 is 0 Å². The van der Waals surface area contributed by atoms with Crippen molar-refractivity contribution in [3.05, 3.63) is 64.4 Å². The third-order valence-corrected chi connectivity index (χ3v) is 3.49. The summed E-state index contributed by atoms with van der Waals surface area (Å²) < 4.78 is 0.876. The molecule has 106 valence electrons. The molecule has 2 rings (SSSR count). The molecule has 0 spiro atoms. The standard InChI is InChI=1S/C16H20BrN3/c1-20(2)12-15(13-7-4-3-5-8-13)18-11-14-9-6-10-16(17)19-14/h3-10,15,18H,11-12H2,1-2H3. The van der Waals surface area contributed by atoms with E-state index in [9.17, 15) is 0 Å². The first-order chi connectivity index (χ1) is 9.65. The largest absolute Gasteiger partial charge is 0.308 e. The molecule has 1 aromatic carbocycles. The van der Waals surface area contributed by atoms with Gasteiger partial charge >= 0.3 is 0 Å². The van der Waals surface area contributed by atoms with Crippen LogP contribution in [0.5, 0.6) is 0 Å². The van der Waals surface area contributed by atoms with E-state index in [0.717, 1.165) is 23.4 Å². The van der Waals surface area contributed by atoms with Crippen molar-refractivity contribution in [1.29, 1.82) is 0 Å². The molecule has 0 aliphatic rings. The fourth-order valence-electron chi connectivity index (χ4n) is 2.11. The summed E-state index contributed by atoms with van der Waals surface area (Å²) in [6.07, 6.45) is 0.